The second kappa shape index (κ2) is 5.66. The maximum atomic E-state index is 11.4. The molecule has 0 heterocycles. The number of carboxylic acid groups (broad SMARTS) is 1. The van der Waals surface area contributed by atoms with Crippen LogP contribution in [-0.2, 0) is 4.79 Å². The Kier molecular flexibility index (Phi) is 4.41. The topological polar surface area (TPSA) is 130 Å². The molecule has 0 fully saturated rings. The molecule has 1 unspecified atom stereocenters. The molecular formula is C12H14N2O6. The van der Waals surface area contributed by atoms with Gasteiger partial charge in [-0.2, -0.15) is 0 Å². The second-order valence-electron chi connectivity index (χ2n) is 4.48. The molecule has 8 nitrogen and oxygen atoms in total. The van der Waals surface area contributed by atoms with E-state index in [1.807, 2.05) is 0 Å². The number of carbonyl (C=O) groups excluding carboxylic acids is 1. The van der Waals surface area contributed by atoms with Gasteiger partial charge in [0.05, 0.1) is 17.2 Å². The first-order chi connectivity index (χ1) is 9.15. The van der Waals surface area contributed by atoms with E-state index < -0.39 is 23.0 Å². The van der Waals surface area contributed by atoms with Crippen LogP contribution in [0.4, 0.5) is 11.4 Å². The van der Waals surface area contributed by atoms with Crippen LogP contribution in [-0.4, -0.2) is 39.0 Å². The van der Waals surface area contributed by atoms with Crippen molar-refractivity contribution >= 4 is 23.1 Å². The third-order valence-electron chi connectivity index (χ3n) is 2.68. The van der Waals surface area contributed by atoms with Gasteiger partial charge >= 0.3 is 5.97 Å². The van der Waals surface area contributed by atoms with Crippen molar-refractivity contribution in [2.24, 2.45) is 0 Å². The standard InChI is InChI=1S/C12H14N2O6/c1-7(15)9-4-3-8(14(19)20)5-10(9)13-6-12(2,18)11(16)17/h3-5,13,18H,6H2,1-2H3,(H,16,17). The lowest BCUT2D eigenvalue weighted by atomic mass is 10.1. The van der Waals surface area contributed by atoms with Gasteiger partial charge in [0.15, 0.2) is 11.4 Å². The molecule has 1 aromatic carbocycles. The lowest BCUT2D eigenvalue weighted by Gasteiger charge is -2.20. The van der Waals surface area contributed by atoms with E-state index in [9.17, 15) is 24.8 Å². The number of aliphatic carboxylic acids is 1. The number of nitro groups is 1. The van der Waals surface area contributed by atoms with Gasteiger partial charge in [-0.25, -0.2) is 4.79 Å². The number of hydrogen-bond acceptors (Lipinski definition) is 6. The summed E-state index contributed by atoms with van der Waals surface area (Å²) in [5.74, 6) is -1.78. The molecule has 0 aromatic heterocycles. The first-order valence-electron chi connectivity index (χ1n) is 5.64. The molecule has 0 aliphatic rings. The van der Waals surface area contributed by atoms with E-state index in [1.165, 1.54) is 19.1 Å². The van der Waals surface area contributed by atoms with Crippen molar-refractivity contribution in [1.29, 1.82) is 0 Å². The number of benzene rings is 1. The number of nitrogens with one attached hydrogen (secondary N) is 1. The number of non-ortho nitro benzene ring substituents is 1. The minimum Gasteiger partial charge on any atom is -0.479 e. The molecule has 108 valence electrons. The normalized spacial score (nSPS) is 13.3. The first kappa shape index (κ1) is 15.6. The van der Waals surface area contributed by atoms with Crippen LogP contribution in [0, 0.1) is 10.1 Å². The van der Waals surface area contributed by atoms with Gasteiger partial charge in [0, 0.05) is 17.7 Å². The number of ketones is 1. The number of anilines is 1. The van der Waals surface area contributed by atoms with E-state index >= 15 is 0 Å². The molecule has 1 rings (SSSR count). The molecule has 0 saturated heterocycles. The van der Waals surface area contributed by atoms with Crippen molar-refractivity contribution in [2.75, 3.05) is 11.9 Å². The van der Waals surface area contributed by atoms with Crippen LogP contribution in [0.5, 0.6) is 0 Å². The predicted octanol–water partition coefficient (Wildman–Crippen LogP) is 1.04. The summed E-state index contributed by atoms with van der Waals surface area (Å²) in [6.07, 6.45) is 0. The zero-order valence-electron chi connectivity index (χ0n) is 10.9. The Hall–Kier alpha value is -2.48. The van der Waals surface area contributed by atoms with E-state index in [0.29, 0.717) is 0 Å². The van der Waals surface area contributed by atoms with Crippen molar-refractivity contribution in [2.45, 2.75) is 19.4 Å². The van der Waals surface area contributed by atoms with Crippen LogP contribution in [0.25, 0.3) is 0 Å². The Morgan fingerprint density at radius 2 is 2.05 bits per heavy atom. The van der Waals surface area contributed by atoms with Crippen molar-refractivity contribution in [1.82, 2.24) is 0 Å². The number of rotatable bonds is 6. The van der Waals surface area contributed by atoms with Crippen LogP contribution >= 0.6 is 0 Å². The summed E-state index contributed by atoms with van der Waals surface area (Å²) < 4.78 is 0. The molecular weight excluding hydrogens is 268 g/mol. The highest BCUT2D eigenvalue weighted by Crippen LogP contribution is 2.23. The number of carbonyl (C=O) groups is 2. The fourth-order valence-electron chi connectivity index (χ4n) is 1.44. The number of hydrogen-bond donors (Lipinski definition) is 3. The van der Waals surface area contributed by atoms with Gasteiger partial charge in [-0.1, -0.05) is 0 Å². The molecule has 1 aromatic rings. The zero-order valence-corrected chi connectivity index (χ0v) is 10.9. The Bertz CT molecular complexity index is 567. The van der Waals surface area contributed by atoms with Crippen molar-refractivity contribution < 1.29 is 24.7 Å². The number of aliphatic hydroxyl groups is 1. The van der Waals surface area contributed by atoms with E-state index in [2.05, 4.69) is 5.32 Å². The van der Waals surface area contributed by atoms with Gasteiger partial charge < -0.3 is 15.5 Å². The highest BCUT2D eigenvalue weighted by Gasteiger charge is 2.30. The van der Waals surface area contributed by atoms with Crippen molar-refractivity contribution in [3.8, 4) is 0 Å². The Balaban J connectivity index is 3.08. The van der Waals surface area contributed by atoms with E-state index in [-0.39, 0.29) is 22.7 Å². The van der Waals surface area contributed by atoms with Crippen LogP contribution in [0.2, 0.25) is 0 Å². The smallest absolute Gasteiger partial charge is 0.337 e. The van der Waals surface area contributed by atoms with Crippen LogP contribution in [0.1, 0.15) is 24.2 Å². The molecule has 0 spiro atoms. The highest BCUT2D eigenvalue weighted by atomic mass is 16.6. The molecule has 1 atom stereocenters. The average Bonchev–Trinajstić information content (AvgIpc) is 2.35. The van der Waals surface area contributed by atoms with Crippen molar-refractivity contribution in [3.05, 3.63) is 33.9 Å². The molecule has 0 aliphatic carbocycles. The summed E-state index contributed by atoms with van der Waals surface area (Å²) in [5.41, 5.74) is -2.02. The summed E-state index contributed by atoms with van der Waals surface area (Å²) in [7, 11) is 0. The zero-order chi connectivity index (χ0) is 15.5. The van der Waals surface area contributed by atoms with Gasteiger partial charge in [0.2, 0.25) is 0 Å². The molecule has 3 N–H and O–H groups in total. The highest BCUT2D eigenvalue weighted by molar-refractivity contribution is 6.00. The maximum absolute atomic E-state index is 11.4. The van der Waals surface area contributed by atoms with E-state index in [4.69, 9.17) is 5.11 Å². The maximum Gasteiger partial charge on any atom is 0.337 e. The molecule has 0 radical (unpaired) electrons. The SMILES string of the molecule is CC(=O)c1ccc([N+](=O)[O-])cc1NCC(C)(O)C(=O)O. The summed E-state index contributed by atoms with van der Waals surface area (Å²) in [6, 6.07) is 3.57. The largest absolute Gasteiger partial charge is 0.479 e. The predicted molar refractivity (Wildman–Crippen MR) is 69.9 cm³/mol. The van der Waals surface area contributed by atoms with Gasteiger partial charge in [-0.15, -0.1) is 0 Å². The molecule has 0 aliphatic heterocycles. The monoisotopic (exact) mass is 282 g/mol. The van der Waals surface area contributed by atoms with Crippen LogP contribution < -0.4 is 5.32 Å². The lowest BCUT2D eigenvalue weighted by molar-refractivity contribution is -0.384. The minimum atomic E-state index is -2.06. The number of nitro benzene ring substituents is 1. The van der Waals surface area contributed by atoms with Gasteiger partial charge in [-0.3, -0.25) is 14.9 Å². The Labute approximate surface area is 114 Å². The van der Waals surface area contributed by atoms with Gasteiger partial charge in [0.25, 0.3) is 5.69 Å². The number of Topliss-reactive ketones (excluding diaryl/α,β-unsaturated/α-hetero) is 1. The average molecular weight is 282 g/mol. The summed E-state index contributed by atoms with van der Waals surface area (Å²) in [5, 5.41) is 31.6. The number of carboxylic acids is 1. The second-order valence-corrected chi connectivity index (χ2v) is 4.48. The minimum absolute atomic E-state index is 0.105. The van der Waals surface area contributed by atoms with Crippen LogP contribution in [0.3, 0.4) is 0 Å². The van der Waals surface area contributed by atoms with Crippen molar-refractivity contribution in [3.63, 3.8) is 0 Å². The van der Waals surface area contributed by atoms with Crippen LogP contribution in [0.15, 0.2) is 18.2 Å². The van der Waals surface area contributed by atoms with E-state index in [1.54, 1.807) is 0 Å². The third kappa shape index (κ3) is 3.51. The lowest BCUT2D eigenvalue weighted by Crippen LogP contribution is -2.42. The molecule has 0 saturated carbocycles. The first-order valence-corrected chi connectivity index (χ1v) is 5.64. The van der Waals surface area contributed by atoms with E-state index in [0.717, 1.165) is 13.0 Å². The van der Waals surface area contributed by atoms with Gasteiger partial charge in [0.1, 0.15) is 0 Å². The summed E-state index contributed by atoms with van der Waals surface area (Å²) in [4.78, 5) is 32.2. The number of nitrogens with zero attached hydrogens (tertiary/aromatic N) is 1. The molecule has 20 heavy (non-hydrogen) atoms. The third-order valence-corrected chi connectivity index (χ3v) is 2.68. The van der Waals surface area contributed by atoms with Gasteiger partial charge in [-0.05, 0) is 19.9 Å². The molecule has 8 heteroatoms. The Morgan fingerprint density at radius 3 is 2.50 bits per heavy atom. The quantitative estimate of drug-likeness (QED) is 0.403. The summed E-state index contributed by atoms with van der Waals surface area (Å²) in [6.45, 7) is 1.96. The Morgan fingerprint density at radius 1 is 1.45 bits per heavy atom. The molecule has 0 bridgehead atoms. The fraction of sp³-hybridized carbons (Fsp3) is 0.333. The fourth-order valence-corrected chi connectivity index (χ4v) is 1.44. The summed E-state index contributed by atoms with van der Waals surface area (Å²) >= 11 is 0. The molecule has 0 amide bonds.